The number of fused-ring (bicyclic) bond motifs is 1. The van der Waals surface area contributed by atoms with E-state index >= 15 is 0 Å². The van der Waals surface area contributed by atoms with Gasteiger partial charge in [0.05, 0.1) is 35.5 Å². The topological polar surface area (TPSA) is 112 Å². The van der Waals surface area contributed by atoms with Crippen molar-refractivity contribution in [1.29, 1.82) is 0 Å². The Morgan fingerprint density at radius 2 is 1.70 bits per heavy atom. The summed E-state index contributed by atoms with van der Waals surface area (Å²) in [5, 5.41) is 7.05. The van der Waals surface area contributed by atoms with Crippen LogP contribution in [0.15, 0.2) is 59.8 Å². The minimum atomic E-state index is -3.85. The molecule has 0 radical (unpaired) electrons. The summed E-state index contributed by atoms with van der Waals surface area (Å²) in [5.74, 6) is 0.604. The van der Waals surface area contributed by atoms with Gasteiger partial charge in [0.2, 0.25) is 0 Å². The van der Waals surface area contributed by atoms with Crippen LogP contribution in [0.25, 0.3) is 0 Å². The van der Waals surface area contributed by atoms with E-state index in [-0.39, 0.29) is 16.3 Å². The van der Waals surface area contributed by atoms with E-state index in [1.165, 1.54) is 24.3 Å². The van der Waals surface area contributed by atoms with E-state index in [2.05, 4.69) is 15.1 Å². The molecule has 174 valence electrons. The van der Waals surface area contributed by atoms with Crippen molar-refractivity contribution >= 4 is 27.3 Å². The summed E-state index contributed by atoms with van der Waals surface area (Å²) in [6.07, 6.45) is 4.07. The number of amides is 1. The number of hydrogen-bond donors (Lipinski definition) is 2. The molecule has 3 aromatic rings. The summed E-state index contributed by atoms with van der Waals surface area (Å²) in [7, 11) is -3.85. The molecule has 2 heterocycles. The van der Waals surface area contributed by atoms with Gasteiger partial charge in [0.25, 0.3) is 15.9 Å². The van der Waals surface area contributed by atoms with E-state index in [9.17, 15) is 13.2 Å². The molecule has 1 aliphatic rings. The Kier molecular flexibility index (Phi) is 6.03. The van der Waals surface area contributed by atoms with E-state index < -0.39 is 10.0 Å². The van der Waals surface area contributed by atoms with Gasteiger partial charge in [-0.05, 0) is 57.2 Å². The van der Waals surface area contributed by atoms with Gasteiger partial charge in [-0.25, -0.2) is 8.42 Å². The summed E-state index contributed by atoms with van der Waals surface area (Å²) >= 11 is 0. The van der Waals surface area contributed by atoms with Gasteiger partial charge in [0, 0.05) is 29.9 Å². The predicted molar refractivity (Wildman–Crippen MR) is 124 cm³/mol. The van der Waals surface area contributed by atoms with Crippen LogP contribution in [0.2, 0.25) is 0 Å². The zero-order chi connectivity index (χ0) is 23.6. The molecule has 33 heavy (non-hydrogen) atoms. The molecular formula is C23H26N4O5S. The van der Waals surface area contributed by atoms with Crippen LogP contribution in [0.5, 0.6) is 11.5 Å². The molecule has 4 rings (SSSR count). The van der Waals surface area contributed by atoms with Gasteiger partial charge in [-0.3, -0.25) is 14.2 Å². The fraction of sp³-hybridized carbons (Fsp3) is 0.304. The third-order valence-corrected chi connectivity index (χ3v) is 6.34. The molecule has 0 fully saturated rings. The second kappa shape index (κ2) is 8.78. The number of rotatable bonds is 5. The van der Waals surface area contributed by atoms with Gasteiger partial charge in [-0.1, -0.05) is 0 Å². The van der Waals surface area contributed by atoms with Crippen molar-refractivity contribution in [2.45, 2.75) is 37.6 Å². The first kappa shape index (κ1) is 22.7. The molecule has 0 unspecified atom stereocenters. The number of anilines is 2. The Balaban J connectivity index is 1.44. The number of aromatic nitrogens is 2. The monoisotopic (exact) mass is 470 g/mol. The van der Waals surface area contributed by atoms with E-state index in [1.807, 2.05) is 20.8 Å². The SMILES string of the molecule is CC(C)(C)n1cc(NC(=O)c2ccc(NS(=O)(=O)c3ccc4c(c3)OCCCO4)cc2)cn1. The zero-order valence-electron chi connectivity index (χ0n) is 18.7. The summed E-state index contributed by atoms with van der Waals surface area (Å²) in [6, 6.07) is 10.7. The number of nitrogens with one attached hydrogen (secondary N) is 2. The average Bonchev–Trinajstić information content (AvgIpc) is 3.11. The number of carbonyl (C=O) groups is 1. The Bertz CT molecular complexity index is 1260. The Hall–Kier alpha value is -3.53. The third kappa shape index (κ3) is 5.28. The normalized spacial score (nSPS) is 13.8. The molecule has 2 N–H and O–H groups in total. The molecule has 9 nitrogen and oxygen atoms in total. The van der Waals surface area contributed by atoms with Crippen LogP contribution in [0.4, 0.5) is 11.4 Å². The summed E-state index contributed by atoms with van der Waals surface area (Å²) in [5.41, 5.74) is 1.10. The van der Waals surface area contributed by atoms with E-state index in [4.69, 9.17) is 9.47 Å². The van der Waals surface area contributed by atoms with Crippen LogP contribution >= 0.6 is 0 Å². The molecule has 0 bridgehead atoms. The minimum absolute atomic E-state index is 0.0597. The van der Waals surface area contributed by atoms with Crippen molar-refractivity contribution in [3.63, 3.8) is 0 Å². The van der Waals surface area contributed by atoms with Crippen LogP contribution in [0, 0.1) is 0 Å². The Labute approximate surface area is 192 Å². The number of ether oxygens (including phenoxy) is 2. The Morgan fingerprint density at radius 1 is 1.00 bits per heavy atom. The molecular weight excluding hydrogens is 444 g/mol. The maximum atomic E-state index is 12.8. The number of benzene rings is 2. The van der Waals surface area contributed by atoms with Gasteiger partial charge in [0.15, 0.2) is 11.5 Å². The van der Waals surface area contributed by atoms with E-state index in [0.29, 0.717) is 41.7 Å². The highest BCUT2D eigenvalue weighted by atomic mass is 32.2. The lowest BCUT2D eigenvalue weighted by Crippen LogP contribution is -2.22. The number of hydrogen-bond acceptors (Lipinski definition) is 6. The van der Waals surface area contributed by atoms with Crippen molar-refractivity contribution in [1.82, 2.24) is 9.78 Å². The molecule has 1 amide bonds. The van der Waals surface area contributed by atoms with Gasteiger partial charge < -0.3 is 14.8 Å². The van der Waals surface area contributed by atoms with Crippen molar-refractivity contribution in [3.05, 3.63) is 60.4 Å². The summed E-state index contributed by atoms with van der Waals surface area (Å²) in [6.45, 7) is 7.02. The van der Waals surface area contributed by atoms with Crippen molar-refractivity contribution < 1.29 is 22.7 Å². The highest BCUT2D eigenvalue weighted by Crippen LogP contribution is 2.32. The molecule has 10 heteroatoms. The lowest BCUT2D eigenvalue weighted by Gasteiger charge is -2.18. The average molecular weight is 471 g/mol. The first-order valence-electron chi connectivity index (χ1n) is 10.5. The van der Waals surface area contributed by atoms with Crippen molar-refractivity contribution in [2.75, 3.05) is 23.3 Å². The number of nitrogens with zero attached hydrogens (tertiary/aromatic N) is 2. The maximum Gasteiger partial charge on any atom is 0.262 e. The zero-order valence-corrected chi connectivity index (χ0v) is 19.5. The molecule has 0 saturated carbocycles. The molecule has 0 saturated heterocycles. The van der Waals surface area contributed by atoms with Crippen molar-refractivity contribution in [3.8, 4) is 11.5 Å². The molecule has 2 aromatic carbocycles. The van der Waals surface area contributed by atoms with E-state index in [1.54, 1.807) is 35.3 Å². The van der Waals surface area contributed by atoms with Gasteiger partial charge >= 0.3 is 0 Å². The maximum absolute atomic E-state index is 12.8. The highest BCUT2D eigenvalue weighted by molar-refractivity contribution is 7.92. The Morgan fingerprint density at radius 3 is 2.36 bits per heavy atom. The van der Waals surface area contributed by atoms with Crippen molar-refractivity contribution in [2.24, 2.45) is 0 Å². The summed E-state index contributed by atoms with van der Waals surface area (Å²) < 4.78 is 41.1. The fourth-order valence-electron chi connectivity index (χ4n) is 3.17. The van der Waals surface area contributed by atoms with Crippen LogP contribution in [0.3, 0.4) is 0 Å². The molecule has 0 spiro atoms. The standard InChI is InChI=1S/C23H26N4O5S/c1-23(2,3)27-15-18(14-24-27)25-22(28)16-5-7-17(8-6-16)26-33(29,30)19-9-10-20-21(13-19)32-12-4-11-31-20/h5-10,13-15,26H,4,11-12H2,1-3H3,(H,25,28). The molecule has 0 atom stereocenters. The number of carbonyl (C=O) groups excluding carboxylic acids is 1. The van der Waals surface area contributed by atoms with E-state index in [0.717, 1.165) is 6.42 Å². The van der Waals surface area contributed by atoms with Crippen LogP contribution < -0.4 is 19.5 Å². The second-order valence-corrected chi connectivity index (χ2v) is 10.3. The fourth-order valence-corrected chi connectivity index (χ4v) is 4.25. The quantitative estimate of drug-likeness (QED) is 0.586. The lowest BCUT2D eigenvalue weighted by molar-refractivity contribution is 0.102. The first-order valence-corrected chi connectivity index (χ1v) is 12.0. The first-order chi connectivity index (χ1) is 15.6. The van der Waals surface area contributed by atoms with Crippen LogP contribution in [-0.2, 0) is 15.6 Å². The molecule has 1 aromatic heterocycles. The number of sulfonamides is 1. The van der Waals surface area contributed by atoms with Gasteiger partial charge in [-0.2, -0.15) is 5.10 Å². The smallest absolute Gasteiger partial charge is 0.262 e. The molecule has 0 aliphatic carbocycles. The van der Waals surface area contributed by atoms with Crippen LogP contribution in [-0.4, -0.2) is 37.3 Å². The highest BCUT2D eigenvalue weighted by Gasteiger charge is 2.20. The molecule has 1 aliphatic heterocycles. The summed E-state index contributed by atoms with van der Waals surface area (Å²) in [4.78, 5) is 12.6. The minimum Gasteiger partial charge on any atom is -0.490 e. The lowest BCUT2D eigenvalue weighted by atomic mass is 10.1. The second-order valence-electron chi connectivity index (χ2n) is 8.64. The predicted octanol–water partition coefficient (Wildman–Crippen LogP) is 3.85. The van der Waals surface area contributed by atoms with Crippen LogP contribution in [0.1, 0.15) is 37.6 Å². The largest absolute Gasteiger partial charge is 0.490 e. The third-order valence-electron chi connectivity index (χ3n) is 4.96. The van der Waals surface area contributed by atoms with Gasteiger partial charge in [-0.15, -0.1) is 0 Å². The van der Waals surface area contributed by atoms with Gasteiger partial charge in [0.1, 0.15) is 0 Å².